The molecule has 2 heteroatoms. The summed E-state index contributed by atoms with van der Waals surface area (Å²) in [4.78, 5) is 15.0. The van der Waals surface area contributed by atoms with Crippen molar-refractivity contribution < 1.29 is 4.79 Å². The first kappa shape index (κ1) is 36.4. The molecule has 0 spiro atoms. The molecule has 0 aromatic heterocycles. The van der Waals surface area contributed by atoms with E-state index in [1.165, 1.54) is 186 Å². The molecule has 0 bridgehead atoms. The van der Waals surface area contributed by atoms with E-state index in [9.17, 15) is 4.79 Å². The summed E-state index contributed by atoms with van der Waals surface area (Å²) in [5, 5.41) is 0. The Morgan fingerprint density at radius 1 is 0.378 bits per heavy atom. The predicted molar refractivity (Wildman–Crippen MR) is 166 cm³/mol. The summed E-state index contributed by atoms with van der Waals surface area (Å²) in [7, 11) is 0. The van der Waals surface area contributed by atoms with E-state index >= 15 is 0 Å². The molecule has 0 aliphatic carbocycles. The van der Waals surface area contributed by atoms with Crippen molar-refractivity contribution in [3.8, 4) is 0 Å². The van der Waals surface area contributed by atoms with Crippen LogP contribution in [-0.4, -0.2) is 12.1 Å². The van der Waals surface area contributed by atoms with Crippen molar-refractivity contribution in [3.63, 3.8) is 0 Å². The monoisotopic (exact) mass is 520 g/mol. The van der Waals surface area contributed by atoms with Gasteiger partial charge in [-0.15, -0.1) is 0 Å². The van der Waals surface area contributed by atoms with Gasteiger partial charge in [-0.25, -0.2) is 9.79 Å². The second kappa shape index (κ2) is 33.4. The summed E-state index contributed by atoms with van der Waals surface area (Å²) in [5.41, 5.74) is 0. The molecule has 0 aliphatic rings. The van der Waals surface area contributed by atoms with Crippen molar-refractivity contribution in [2.45, 2.75) is 219 Å². The van der Waals surface area contributed by atoms with Crippen LogP contribution in [0.25, 0.3) is 0 Å². The zero-order valence-electron chi connectivity index (χ0n) is 25.9. The van der Waals surface area contributed by atoms with Gasteiger partial charge in [-0.05, 0) is 12.8 Å². The van der Waals surface area contributed by atoms with Crippen LogP contribution < -0.4 is 0 Å². The fourth-order valence-corrected chi connectivity index (χ4v) is 5.67. The Morgan fingerprint density at radius 2 is 0.595 bits per heavy atom. The van der Waals surface area contributed by atoms with Crippen molar-refractivity contribution in [1.82, 2.24) is 0 Å². The van der Waals surface area contributed by atoms with Gasteiger partial charge >= 0.3 is 0 Å². The number of isocyanates is 1. The van der Waals surface area contributed by atoms with Gasteiger partial charge in [0.05, 0.1) is 6.04 Å². The molecular weight excluding hydrogens is 450 g/mol. The molecule has 1 atom stereocenters. The first-order valence-corrected chi connectivity index (χ1v) is 17.4. The summed E-state index contributed by atoms with van der Waals surface area (Å²) in [6.45, 7) is 4.58. The third-order valence-electron chi connectivity index (χ3n) is 8.27. The van der Waals surface area contributed by atoms with Crippen LogP contribution in [0.3, 0.4) is 0 Å². The maximum atomic E-state index is 10.8. The van der Waals surface area contributed by atoms with Crippen LogP contribution >= 0.6 is 0 Å². The molecule has 0 amide bonds. The standard InChI is InChI=1S/C35H69NO/c1-3-5-7-9-11-13-15-17-19-21-23-25-27-29-31-33-35(36-34-37)32-30-28-26-24-22-20-18-16-14-12-10-8-6-4-2/h35H,3-33H2,1-2H3. The average Bonchev–Trinajstić information content (AvgIpc) is 2.91. The van der Waals surface area contributed by atoms with Gasteiger partial charge in [0.25, 0.3) is 0 Å². The lowest BCUT2D eigenvalue weighted by atomic mass is 10.00. The molecule has 0 aromatic rings. The lowest BCUT2D eigenvalue weighted by Gasteiger charge is -2.10. The summed E-state index contributed by atoms with van der Waals surface area (Å²) in [6.07, 6.45) is 44.6. The summed E-state index contributed by atoms with van der Waals surface area (Å²) >= 11 is 0. The Kier molecular flexibility index (Phi) is 32.8. The predicted octanol–water partition coefficient (Wildman–Crippen LogP) is 12.8. The van der Waals surface area contributed by atoms with E-state index in [4.69, 9.17) is 0 Å². The molecule has 0 N–H and O–H groups in total. The number of rotatable bonds is 32. The molecule has 0 saturated heterocycles. The molecule has 1 unspecified atom stereocenters. The van der Waals surface area contributed by atoms with Gasteiger partial charge in [0.2, 0.25) is 6.08 Å². The average molecular weight is 520 g/mol. The van der Waals surface area contributed by atoms with E-state index in [1.807, 2.05) is 6.08 Å². The highest BCUT2D eigenvalue weighted by Crippen LogP contribution is 2.18. The van der Waals surface area contributed by atoms with Crippen LogP contribution in [-0.2, 0) is 4.79 Å². The molecule has 220 valence electrons. The van der Waals surface area contributed by atoms with Gasteiger partial charge in [0.15, 0.2) is 0 Å². The fraction of sp³-hybridized carbons (Fsp3) is 0.971. The summed E-state index contributed by atoms with van der Waals surface area (Å²) in [5.74, 6) is 0. The number of carbonyl (C=O) groups excluding carboxylic acids is 1. The van der Waals surface area contributed by atoms with Gasteiger partial charge < -0.3 is 0 Å². The highest BCUT2D eigenvalue weighted by molar-refractivity contribution is 5.33. The minimum Gasteiger partial charge on any atom is -0.211 e. The van der Waals surface area contributed by atoms with Crippen molar-refractivity contribution >= 4 is 6.08 Å². The minimum absolute atomic E-state index is 0.233. The molecule has 0 fully saturated rings. The van der Waals surface area contributed by atoms with E-state index in [-0.39, 0.29) is 6.04 Å². The Hall–Kier alpha value is -0.620. The smallest absolute Gasteiger partial charge is 0.211 e. The van der Waals surface area contributed by atoms with Crippen molar-refractivity contribution in [2.75, 3.05) is 0 Å². The van der Waals surface area contributed by atoms with Gasteiger partial charge in [0, 0.05) is 0 Å². The Morgan fingerprint density at radius 3 is 0.811 bits per heavy atom. The van der Waals surface area contributed by atoms with Gasteiger partial charge in [-0.2, -0.15) is 0 Å². The molecule has 37 heavy (non-hydrogen) atoms. The van der Waals surface area contributed by atoms with Crippen LogP contribution in [0.5, 0.6) is 0 Å². The summed E-state index contributed by atoms with van der Waals surface area (Å²) in [6, 6.07) is 0.233. The zero-order chi connectivity index (χ0) is 26.9. The highest BCUT2D eigenvalue weighted by Gasteiger charge is 2.06. The van der Waals surface area contributed by atoms with Crippen LogP contribution in [0.1, 0.15) is 213 Å². The lowest BCUT2D eigenvalue weighted by Crippen LogP contribution is -2.04. The maximum absolute atomic E-state index is 10.8. The van der Waals surface area contributed by atoms with Crippen LogP contribution in [0.15, 0.2) is 4.99 Å². The molecule has 0 aliphatic heterocycles. The number of aliphatic imine (C=N–C) groups is 1. The van der Waals surface area contributed by atoms with Crippen molar-refractivity contribution in [2.24, 2.45) is 4.99 Å². The van der Waals surface area contributed by atoms with Gasteiger partial charge in [-0.1, -0.05) is 200 Å². The van der Waals surface area contributed by atoms with Crippen molar-refractivity contribution in [3.05, 3.63) is 0 Å². The minimum atomic E-state index is 0.233. The zero-order valence-corrected chi connectivity index (χ0v) is 25.9. The molecular formula is C35H69NO. The first-order chi connectivity index (χ1) is 18.3. The van der Waals surface area contributed by atoms with E-state index in [2.05, 4.69) is 18.8 Å². The lowest BCUT2D eigenvalue weighted by molar-refractivity contribution is 0.474. The van der Waals surface area contributed by atoms with Gasteiger partial charge in [0.1, 0.15) is 0 Å². The number of hydrogen-bond donors (Lipinski definition) is 0. The summed E-state index contributed by atoms with van der Waals surface area (Å²) < 4.78 is 0. The molecule has 0 rings (SSSR count). The van der Waals surface area contributed by atoms with E-state index in [0.29, 0.717) is 0 Å². The van der Waals surface area contributed by atoms with Crippen LogP contribution in [0.4, 0.5) is 0 Å². The fourth-order valence-electron chi connectivity index (χ4n) is 5.67. The number of nitrogens with zero attached hydrogens (tertiary/aromatic N) is 1. The van der Waals surface area contributed by atoms with E-state index < -0.39 is 0 Å². The van der Waals surface area contributed by atoms with Crippen LogP contribution in [0, 0.1) is 0 Å². The molecule has 0 heterocycles. The number of unbranched alkanes of at least 4 members (excludes halogenated alkanes) is 27. The number of hydrogen-bond acceptors (Lipinski definition) is 2. The van der Waals surface area contributed by atoms with E-state index in [0.717, 1.165) is 12.8 Å². The second-order valence-corrected chi connectivity index (χ2v) is 12.0. The largest absolute Gasteiger partial charge is 0.235 e. The Labute approximate surface area is 234 Å². The third-order valence-corrected chi connectivity index (χ3v) is 8.27. The molecule has 0 radical (unpaired) electrons. The third kappa shape index (κ3) is 31.5. The highest BCUT2D eigenvalue weighted by atomic mass is 16.1. The quantitative estimate of drug-likeness (QED) is 0.0493. The first-order valence-electron chi connectivity index (χ1n) is 17.4. The molecule has 0 saturated carbocycles. The molecule has 2 nitrogen and oxygen atoms in total. The Bertz CT molecular complexity index is 456. The van der Waals surface area contributed by atoms with Gasteiger partial charge in [-0.3, -0.25) is 0 Å². The second-order valence-electron chi connectivity index (χ2n) is 12.0. The van der Waals surface area contributed by atoms with E-state index in [1.54, 1.807) is 0 Å². The maximum Gasteiger partial charge on any atom is 0.235 e. The molecule has 0 aromatic carbocycles. The van der Waals surface area contributed by atoms with Crippen molar-refractivity contribution in [1.29, 1.82) is 0 Å². The topological polar surface area (TPSA) is 29.4 Å². The normalized spacial score (nSPS) is 12.1. The van der Waals surface area contributed by atoms with Crippen LogP contribution in [0.2, 0.25) is 0 Å². The SMILES string of the molecule is CCCCCCCCCCCCCCCCCC(CCCCCCCCCCCCCCCC)N=C=O. The Balaban J connectivity index is 3.38.